The summed E-state index contributed by atoms with van der Waals surface area (Å²) >= 11 is 1.49. The average Bonchev–Trinajstić information content (AvgIpc) is 3.08. The highest BCUT2D eigenvalue weighted by molar-refractivity contribution is 7.13. The van der Waals surface area contributed by atoms with E-state index < -0.39 is 0 Å². The summed E-state index contributed by atoms with van der Waals surface area (Å²) in [6.45, 7) is 14.1. The Bertz CT molecular complexity index is 724. The van der Waals surface area contributed by atoms with Crippen molar-refractivity contribution in [3.8, 4) is 10.6 Å². The van der Waals surface area contributed by atoms with Crippen molar-refractivity contribution in [1.82, 2.24) is 25.0 Å². The molecule has 0 aliphatic carbocycles. The van der Waals surface area contributed by atoms with Crippen molar-refractivity contribution in [3.05, 3.63) is 22.5 Å². The monoisotopic (exact) mass is 363 g/mol. The lowest BCUT2D eigenvalue weighted by Crippen LogP contribution is -2.42. The zero-order chi connectivity index (χ0) is 18.7. The van der Waals surface area contributed by atoms with E-state index in [1.54, 1.807) is 0 Å². The molecular formula is C18H29N5OS. The molecule has 2 aromatic heterocycles. The van der Waals surface area contributed by atoms with E-state index in [9.17, 15) is 4.79 Å². The number of aryl methyl sites for hydroxylation is 2. The third-order valence-electron chi connectivity index (χ3n) is 4.44. The van der Waals surface area contributed by atoms with Crippen molar-refractivity contribution >= 4 is 17.2 Å². The first-order valence-corrected chi connectivity index (χ1v) is 9.60. The van der Waals surface area contributed by atoms with Gasteiger partial charge in [-0.15, -0.1) is 11.3 Å². The second-order valence-electron chi connectivity index (χ2n) is 6.89. The first kappa shape index (κ1) is 19.6. The normalized spacial score (nSPS) is 11.8. The molecule has 6 nitrogen and oxygen atoms in total. The Hall–Kier alpha value is -1.73. The molecule has 2 heterocycles. The molecule has 0 saturated heterocycles. The van der Waals surface area contributed by atoms with Crippen LogP contribution >= 0.6 is 11.3 Å². The molecule has 0 saturated carbocycles. The lowest BCUT2D eigenvalue weighted by Gasteiger charge is -2.30. The van der Waals surface area contributed by atoms with Crippen molar-refractivity contribution in [1.29, 1.82) is 0 Å². The van der Waals surface area contributed by atoms with E-state index in [0.29, 0.717) is 24.3 Å². The topological polar surface area (TPSA) is 63.1 Å². The molecule has 0 aromatic carbocycles. The minimum atomic E-state index is -0.117. The SMILES string of the molecule is Cc1nn(C)c(C)c1-c1nc(C(=O)NCCN(C(C)C)C(C)C)cs1. The molecule has 25 heavy (non-hydrogen) atoms. The Labute approximate surface area is 154 Å². The van der Waals surface area contributed by atoms with E-state index in [1.807, 2.05) is 31.0 Å². The number of amides is 1. The minimum Gasteiger partial charge on any atom is -0.349 e. The summed E-state index contributed by atoms with van der Waals surface area (Å²) < 4.78 is 1.85. The highest BCUT2D eigenvalue weighted by Gasteiger charge is 2.18. The highest BCUT2D eigenvalue weighted by Crippen LogP contribution is 2.29. The Balaban J connectivity index is 2.01. The van der Waals surface area contributed by atoms with Crippen LogP contribution in [0.15, 0.2) is 5.38 Å². The number of hydrogen-bond donors (Lipinski definition) is 1. The Morgan fingerprint density at radius 1 is 1.28 bits per heavy atom. The summed E-state index contributed by atoms with van der Waals surface area (Å²) in [6.07, 6.45) is 0. The number of nitrogens with one attached hydrogen (secondary N) is 1. The summed E-state index contributed by atoms with van der Waals surface area (Å²) in [5, 5.41) is 10.1. The molecule has 7 heteroatoms. The number of carbonyl (C=O) groups excluding carboxylic acids is 1. The molecule has 2 aromatic rings. The average molecular weight is 364 g/mol. The van der Waals surface area contributed by atoms with Gasteiger partial charge in [0.1, 0.15) is 10.7 Å². The molecule has 1 amide bonds. The predicted octanol–water partition coefficient (Wildman–Crippen LogP) is 3.01. The molecule has 1 N–H and O–H groups in total. The standard InChI is InChI=1S/C18H29N5OS/c1-11(2)23(12(3)4)9-8-19-17(24)15-10-25-18(20-15)16-13(5)21-22(7)14(16)6/h10-12H,8-9H2,1-7H3,(H,19,24). The fourth-order valence-electron chi connectivity index (χ4n) is 3.08. The summed E-state index contributed by atoms with van der Waals surface area (Å²) in [6, 6.07) is 0.915. The third-order valence-corrected chi connectivity index (χ3v) is 5.30. The summed E-state index contributed by atoms with van der Waals surface area (Å²) in [4.78, 5) is 19.3. The van der Waals surface area contributed by atoms with Crippen LogP contribution in [0.5, 0.6) is 0 Å². The minimum absolute atomic E-state index is 0.117. The Morgan fingerprint density at radius 3 is 2.44 bits per heavy atom. The zero-order valence-electron chi connectivity index (χ0n) is 16.3. The molecule has 2 rings (SSSR count). The van der Waals surface area contributed by atoms with Crippen molar-refractivity contribution < 1.29 is 4.79 Å². The van der Waals surface area contributed by atoms with Gasteiger partial charge in [-0.2, -0.15) is 5.10 Å². The van der Waals surface area contributed by atoms with Crippen LogP contribution in [0.2, 0.25) is 0 Å². The number of nitrogens with zero attached hydrogens (tertiary/aromatic N) is 4. The van der Waals surface area contributed by atoms with Gasteiger partial charge in [0.15, 0.2) is 0 Å². The van der Waals surface area contributed by atoms with E-state index >= 15 is 0 Å². The van der Waals surface area contributed by atoms with Crippen LogP contribution in [0.4, 0.5) is 0 Å². The zero-order valence-corrected chi connectivity index (χ0v) is 17.1. The Kier molecular flexibility index (Phi) is 6.35. The van der Waals surface area contributed by atoms with Gasteiger partial charge < -0.3 is 5.32 Å². The highest BCUT2D eigenvalue weighted by atomic mass is 32.1. The van der Waals surface area contributed by atoms with Crippen LogP contribution in [0, 0.1) is 13.8 Å². The van der Waals surface area contributed by atoms with Gasteiger partial charge in [-0.3, -0.25) is 14.4 Å². The molecule has 0 fully saturated rings. The van der Waals surface area contributed by atoms with E-state index in [-0.39, 0.29) is 5.91 Å². The first-order valence-electron chi connectivity index (χ1n) is 8.72. The smallest absolute Gasteiger partial charge is 0.270 e. The lowest BCUT2D eigenvalue weighted by molar-refractivity contribution is 0.0935. The molecule has 0 unspecified atom stereocenters. The number of thiazole rings is 1. The maximum Gasteiger partial charge on any atom is 0.270 e. The van der Waals surface area contributed by atoms with Crippen LogP contribution in [0.1, 0.15) is 49.6 Å². The number of rotatable bonds is 7. The molecule has 0 bridgehead atoms. The van der Waals surface area contributed by atoms with Gasteiger partial charge in [0.25, 0.3) is 5.91 Å². The molecule has 0 aliphatic rings. The quantitative estimate of drug-likeness (QED) is 0.821. The van der Waals surface area contributed by atoms with Crippen LogP contribution in [-0.4, -0.2) is 50.7 Å². The van der Waals surface area contributed by atoms with Crippen molar-refractivity contribution in [3.63, 3.8) is 0 Å². The van der Waals surface area contributed by atoms with E-state index in [1.165, 1.54) is 11.3 Å². The molecule has 0 aliphatic heterocycles. The molecule has 0 atom stereocenters. The number of aromatic nitrogens is 3. The van der Waals surface area contributed by atoms with Crippen molar-refractivity contribution in [2.45, 2.75) is 53.6 Å². The summed E-state index contributed by atoms with van der Waals surface area (Å²) in [7, 11) is 1.92. The van der Waals surface area contributed by atoms with E-state index in [2.05, 4.69) is 48.0 Å². The summed E-state index contributed by atoms with van der Waals surface area (Å²) in [5.74, 6) is -0.117. The number of carbonyl (C=O) groups is 1. The molecule has 0 spiro atoms. The largest absolute Gasteiger partial charge is 0.349 e. The fourth-order valence-corrected chi connectivity index (χ4v) is 4.03. The molecule has 0 radical (unpaired) electrons. The van der Waals surface area contributed by atoms with Crippen LogP contribution in [0.25, 0.3) is 10.6 Å². The van der Waals surface area contributed by atoms with Gasteiger partial charge in [0.05, 0.1) is 11.3 Å². The first-order chi connectivity index (χ1) is 11.7. The summed E-state index contributed by atoms with van der Waals surface area (Å²) in [5.41, 5.74) is 3.50. The Morgan fingerprint density at radius 2 is 1.92 bits per heavy atom. The second kappa shape index (κ2) is 8.10. The lowest BCUT2D eigenvalue weighted by atomic mass is 10.2. The van der Waals surface area contributed by atoms with Gasteiger partial charge in [0, 0.05) is 43.3 Å². The van der Waals surface area contributed by atoms with Crippen molar-refractivity contribution in [2.24, 2.45) is 7.05 Å². The van der Waals surface area contributed by atoms with E-state index in [0.717, 1.165) is 28.5 Å². The van der Waals surface area contributed by atoms with Crippen molar-refractivity contribution in [2.75, 3.05) is 13.1 Å². The van der Waals surface area contributed by atoms with E-state index in [4.69, 9.17) is 0 Å². The van der Waals surface area contributed by atoms with Gasteiger partial charge in [0.2, 0.25) is 0 Å². The van der Waals surface area contributed by atoms with Crippen LogP contribution in [0.3, 0.4) is 0 Å². The number of hydrogen-bond acceptors (Lipinski definition) is 5. The third kappa shape index (κ3) is 4.46. The second-order valence-corrected chi connectivity index (χ2v) is 7.75. The van der Waals surface area contributed by atoms with Gasteiger partial charge in [-0.25, -0.2) is 4.98 Å². The van der Waals surface area contributed by atoms with Gasteiger partial charge in [-0.05, 0) is 41.5 Å². The van der Waals surface area contributed by atoms with Crippen LogP contribution < -0.4 is 5.32 Å². The van der Waals surface area contributed by atoms with Crippen LogP contribution in [-0.2, 0) is 7.05 Å². The van der Waals surface area contributed by atoms with Gasteiger partial charge >= 0.3 is 0 Å². The molecular weight excluding hydrogens is 334 g/mol. The predicted molar refractivity (Wildman–Crippen MR) is 103 cm³/mol. The maximum absolute atomic E-state index is 12.4. The molecule has 138 valence electrons. The van der Waals surface area contributed by atoms with Gasteiger partial charge in [-0.1, -0.05) is 0 Å². The fraction of sp³-hybridized carbons (Fsp3) is 0.611. The maximum atomic E-state index is 12.4.